The van der Waals surface area contributed by atoms with Crippen molar-refractivity contribution in [2.75, 3.05) is 6.54 Å². The van der Waals surface area contributed by atoms with E-state index in [1.54, 1.807) is 0 Å². The minimum atomic E-state index is -0.662. The Morgan fingerprint density at radius 3 is 2.72 bits per heavy atom. The van der Waals surface area contributed by atoms with Crippen molar-refractivity contribution < 1.29 is 9.90 Å². The molecular formula is C14H18ClNO2. The average molecular weight is 268 g/mol. The summed E-state index contributed by atoms with van der Waals surface area (Å²) < 4.78 is 0. The maximum Gasteiger partial charge on any atom is 0.242 e. The molecule has 3 atom stereocenters. The number of aliphatic hydroxyl groups excluding tert-OH is 1. The zero-order valence-electron chi connectivity index (χ0n) is 10.2. The summed E-state index contributed by atoms with van der Waals surface area (Å²) in [7, 11) is 0. The van der Waals surface area contributed by atoms with Crippen LogP contribution < -0.4 is 5.32 Å². The molecule has 0 aliphatic heterocycles. The summed E-state index contributed by atoms with van der Waals surface area (Å²) in [5, 5.41) is 11.8. The molecule has 1 aromatic carbocycles. The van der Waals surface area contributed by atoms with E-state index < -0.39 is 5.38 Å². The lowest BCUT2D eigenvalue weighted by atomic mass is 10.1. The number of rotatable bonds is 4. The molecule has 3 unspecified atom stereocenters. The molecule has 0 heterocycles. The SMILES string of the molecule is O=C(NCC1CCCC1O)C(Cl)c1ccccc1. The van der Waals surface area contributed by atoms with Gasteiger partial charge in [0, 0.05) is 12.5 Å². The van der Waals surface area contributed by atoms with E-state index in [-0.39, 0.29) is 17.9 Å². The van der Waals surface area contributed by atoms with Crippen LogP contribution in [0.4, 0.5) is 0 Å². The van der Waals surface area contributed by atoms with Crippen LogP contribution in [-0.2, 0) is 4.79 Å². The van der Waals surface area contributed by atoms with E-state index in [1.807, 2.05) is 30.3 Å². The number of amides is 1. The minimum Gasteiger partial charge on any atom is -0.393 e. The Hall–Kier alpha value is -1.06. The third kappa shape index (κ3) is 3.24. The fourth-order valence-corrected chi connectivity index (χ4v) is 2.57. The van der Waals surface area contributed by atoms with Gasteiger partial charge in [-0.05, 0) is 18.4 Å². The molecule has 1 aliphatic rings. The summed E-state index contributed by atoms with van der Waals surface area (Å²) in [6, 6.07) is 9.28. The Morgan fingerprint density at radius 1 is 1.39 bits per heavy atom. The Balaban J connectivity index is 1.84. The predicted molar refractivity (Wildman–Crippen MR) is 71.4 cm³/mol. The van der Waals surface area contributed by atoms with Crippen molar-refractivity contribution in [3.05, 3.63) is 35.9 Å². The summed E-state index contributed by atoms with van der Waals surface area (Å²) in [4.78, 5) is 11.9. The largest absolute Gasteiger partial charge is 0.393 e. The van der Waals surface area contributed by atoms with Crippen molar-refractivity contribution in [1.29, 1.82) is 0 Å². The number of hydrogen-bond acceptors (Lipinski definition) is 2. The van der Waals surface area contributed by atoms with Gasteiger partial charge in [-0.2, -0.15) is 0 Å². The molecule has 2 N–H and O–H groups in total. The molecule has 2 rings (SSSR count). The molecule has 98 valence electrons. The molecule has 0 radical (unpaired) electrons. The number of benzene rings is 1. The van der Waals surface area contributed by atoms with E-state index in [4.69, 9.17) is 11.6 Å². The van der Waals surface area contributed by atoms with Crippen molar-refractivity contribution >= 4 is 17.5 Å². The van der Waals surface area contributed by atoms with Crippen molar-refractivity contribution in [1.82, 2.24) is 5.32 Å². The molecule has 3 nitrogen and oxygen atoms in total. The smallest absolute Gasteiger partial charge is 0.242 e. The molecule has 1 aromatic rings. The van der Waals surface area contributed by atoms with Crippen LogP contribution in [0, 0.1) is 5.92 Å². The van der Waals surface area contributed by atoms with Gasteiger partial charge in [0.25, 0.3) is 0 Å². The highest BCUT2D eigenvalue weighted by atomic mass is 35.5. The van der Waals surface area contributed by atoms with Gasteiger partial charge in [0.1, 0.15) is 5.38 Å². The maximum absolute atomic E-state index is 11.9. The van der Waals surface area contributed by atoms with E-state index >= 15 is 0 Å². The second-order valence-corrected chi connectivity index (χ2v) is 5.21. The van der Waals surface area contributed by atoms with Crippen molar-refractivity contribution in [2.45, 2.75) is 30.7 Å². The molecule has 0 bridgehead atoms. The van der Waals surface area contributed by atoms with E-state index in [1.165, 1.54) is 0 Å². The van der Waals surface area contributed by atoms with Gasteiger partial charge in [0.05, 0.1) is 6.10 Å². The fraction of sp³-hybridized carbons (Fsp3) is 0.500. The lowest BCUT2D eigenvalue weighted by Crippen LogP contribution is -2.34. The van der Waals surface area contributed by atoms with Crippen molar-refractivity contribution in [3.8, 4) is 0 Å². The topological polar surface area (TPSA) is 49.3 Å². The van der Waals surface area contributed by atoms with Gasteiger partial charge < -0.3 is 10.4 Å². The number of nitrogens with one attached hydrogen (secondary N) is 1. The highest BCUT2D eigenvalue weighted by Gasteiger charge is 2.26. The second-order valence-electron chi connectivity index (χ2n) is 4.78. The third-order valence-electron chi connectivity index (χ3n) is 3.48. The normalized spacial score (nSPS) is 24.8. The zero-order valence-corrected chi connectivity index (χ0v) is 10.9. The van der Waals surface area contributed by atoms with Crippen molar-refractivity contribution in [3.63, 3.8) is 0 Å². The Kier molecular flexibility index (Phi) is 4.61. The highest BCUT2D eigenvalue weighted by molar-refractivity contribution is 6.30. The summed E-state index contributed by atoms with van der Waals surface area (Å²) in [5.41, 5.74) is 0.795. The molecular weight excluding hydrogens is 250 g/mol. The monoisotopic (exact) mass is 267 g/mol. The van der Waals surface area contributed by atoms with Crippen LogP contribution >= 0.6 is 11.6 Å². The second kappa shape index (κ2) is 6.21. The molecule has 4 heteroatoms. The van der Waals surface area contributed by atoms with E-state index in [0.29, 0.717) is 6.54 Å². The van der Waals surface area contributed by atoms with Gasteiger partial charge in [0.2, 0.25) is 5.91 Å². The number of hydrogen-bond donors (Lipinski definition) is 2. The number of carbonyl (C=O) groups is 1. The molecule has 0 aromatic heterocycles. The van der Waals surface area contributed by atoms with Crippen molar-refractivity contribution in [2.24, 2.45) is 5.92 Å². The van der Waals surface area contributed by atoms with Gasteiger partial charge in [-0.15, -0.1) is 11.6 Å². The average Bonchev–Trinajstić information content (AvgIpc) is 2.81. The van der Waals surface area contributed by atoms with E-state index in [2.05, 4.69) is 5.32 Å². The van der Waals surface area contributed by atoms with Crippen LogP contribution in [0.15, 0.2) is 30.3 Å². The van der Waals surface area contributed by atoms with Gasteiger partial charge in [-0.25, -0.2) is 0 Å². The number of carbonyl (C=O) groups excluding carboxylic acids is 1. The Labute approximate surface area is 112 Å². The number of alkyl halides is 1. The van der Waals surface area contributed by atoms with E-state index in [0.717, 1.165) is 24.8 Å². The highest BCUT2D eigenvalue weighted by Crippen LogP contribution is 2.25. The number of aliphatic hydroxyl groups is 1. The minimum absolute atomic E-state index is 0.175. The lowest BCUT2D eigenvalue weighted by molar-refractivity contribution is -0.121. The first-order valence-electron chi connectivity index (χ1n) is 6.33. The first kappa shape index (κ1) is 13.4. The Morgan fingerprint density at radius 2 is 2.11 bits per heavy atom. The fourth-order valence-electron chi connectivity index (χ4n) is 2.35. The van der Waals surface area contributed by atoms with Crippen LogP contribution in [0.5, 0.6) is 0 Å². The van der Waals surface area contributed by atoms with Crippen LogP contribution in [0.1, 0.15) is 30.2 Å². The summed E-state index contributed by atoms with van der Waals surface area (Å²) in [5.74, 6) is -0.0180. The third-order valence-corrected chi connectivity index (χ3v) is 3.93. The van der Waals surface area contributed by atoms with Crippen LogP contribution in [0.25, 0.3) is 0 Å². The zero-order chi connectivity index (χ0) is 13.0. The van der Waals surface area contributed by atoms with Crippen LogP contribution in [0.2, 0.25) is 0 Å². The van der Waals surface area contributed by atoms with E-state index in [9.17, 15) is 9.90 Å². The molecule has 0 saturated heterocycles. The molecule has 18 heavy (non-hydrogen) atoms. The van der Waals surface area contributed by atoms with Gasteiger partial charge in [-0.3, -0.25) is 4.79 Å². The first-order chi connectivity index (χ1) is 8.68. The van der Waals surface area contributed by atoms with Crippen LogP contribution in [0.3, 0.4) is 0 Å². The predicted octanol–water partition coefficient (Wildman–Crippen LogP) is 2.24. The maximum atomic E-state index is 11.9. The lowest BCUT2D eigenvalue weighted by Gasteiger charge is -2.16. The van der Waals surface area contributed by atoms with Gasteiger partial charge >= 0.3 is 0 Å². The summed E-state index contributed by atoms with van der Waals surface area (Å²) >= 11 is 6.10. The molecule has 1 fully saturated rings. The molecule has 1 amide bonds. The summed E-state index contributed by atoms with van der Waals surface area (Å²) in [6.45, 7) is 0.510. The molecule has 0 spiro atoms. The standard InChI is InChI=1S/C14H18ClNO2/c15-13(10-5-2-1-3-6-10)14(18)16-9-11-7-4-8-12(11)17/h1-3,5-6,11-13,17H,4,7-9H2,(H,16,18). The molecule has 1 aliphatic carbocycles. The first-order valence-corrected chi connectivity index (χ1v) is 6.77. The van der Waals surface area contributed by atoms with Gasteiger partial charge in [0.15, 0.2) is 0 Å². The quantitative estimate of drug-likeness (QED) is 0.822. The summed E-state index contributed by atoms with van der Waals surface area (Å²) in [6.07, 6.45) is 2.56. The Bertz CT molecular complexity index is 396. The molecule has 1 saturated carbocycles. The van der Waals surface area contributed by atoms with Gasteiger partial charge in [-0.1, -0.05) is 36.8 Å². The number of halogens is 1. The van der Waals surface area contributed by atoms with Crippen LogP contribution in [-0.4, -0.2) is 23.7 Å².